The van der Waals surface area contributed by atoms with Crippen LogP contribution in [0.4, 0.5) is 0 Å². The van der Waals surface area contributed by atoms with Gasteiger partial charge >= 0.3 is 0 Å². The molecule has 0 bridgehead atoms. The molecule has 0 radical (unpaired) electrons. The van der Waals surface area contributed by atoms with Crippen LogP contribution in [0.1, 0.15) is 5.76 Å². The molecule has 1 aromatic heterocycles. The van der Waals surface area contributed by atoms with Crippen LogP contribution < -0.4 is 0 Å². The van der Waals surface area contributed by atoms with Gasteiger partial charge in [-0.1, -0.05) is 13.2 Å². The van der Waals surface area contributed by atoms with E-state index in [1.807, 2.05) is 0 Å². The van der Waals surface area contributed by atoms with Gasteiger partial charge in [0.25, 0.3) is 0 Å². The Hall–Kier alpha value is -1.77. The fourth-order valence-electron chi connectivity index (χ4n) is 0.670. The molecule has 1 rings (SSSR count). The number of carbonyl (C=O) groups is 1. The molecule has 0 atom stereocenters. The molecule has 1 heterocycles. The molecule has 0 unspecified atom stereocenters. The molecule has 3 heteroatoms. The van der Waals surface area contributed by atoms with Crippen LogP contribution in [0.15, 0.2) is 41.7 Å². The van der Waals surface area contributed by atoms with Gasteiger partial charge in [-0.2, -0.15) is 0 Å². The average molecular weight is 164 g/mol. The fraction of sp³-hybridized carbons (Fsp3) is 0. The predicted octanol–water partition coefficient (Wildman–Crippen LogP) is 1.98. The maximum Gasteiger partial charge on any atom is 0.184 e. The minimum absolute atomic E-state index is 0.0106. The van der Waals surface area contributed by atoms with Gasteiger partial charge in [0.05, 0.1) is 6.26 Å². The van der Waals surface area contributed by atoms with Gasteiger partial charge in [-0.25, -0.2) is 0 Å². The summed E-state index contributed by atoms with van der Waals surface area (Å²) in [6, 6.07) is 3.38. The van der Waals surface area contributed by atoms with E-state index in [0.717, 1.165) is 0 Å². The zero-order valence-corrected chi connectivity index (χ0v) is 6.45. The van der Waals surface area contributed by atoms with E-state index in [1.165, 1.54) is 6.26 Å². The van der Waals surface area contributed by atoms with E-state index in [-0.39, 0.29) is 11.5 Å². The number of allylic oxidation sites excluding steroid dienone is 1. The summed E-state index contributed by atoms with van der Waals surface area (Å²) in [6.45, 7) is 6.88. The third-order valence-corrected chi connectivity index (χ3v) is 1.18. The topological polar surface area (TPSA) is 39.4 Å². The lowest BCUT2D eigenvalue weighted by Crippen LogP contribution is -1.89. The number of ether oxygens (including phenoxy) is 1. The highest BCUT2D eigenvalue weighted by molar-refractivity contribution is 5.71. The summed E-state index contributed by atoms with van der Waals surface area (Å²) >= 11 is 0. The Morgan fingerprint density at radius 2 is 2.33 bits per heavy atom. The Bertz CT molecular complexity index is 296. The zero-order chi connectivity index (χ0) is 8.97. The molecule has 0 saturated heterocycles. The molecule has 62 valence electrons. The molecule has 0 spiro atoms. The summed E-state index contributed by atoms with van der Waals surface area (Å²) < 4.78 is 9.85. The van der Waals surface area contributed by atoms with Gasteiger partial charge in [0.2, 0.25) is 0 Å². The van der Waals surface area contributed by atoms with Gasteiger partial charge in [0.1, 0.15) is 0 Å². The van der Waals surface area contributed by atoms with Gasteiger partial charge in [-0.3, -0.25) is 4.79 Å². The van der Waals surface area contributed by atoms with Crippen molar-refractivity contribution in [1.29, 1.82) is 0 Å². The van der Waals surface area contributed by atoms with Gasteiger partial charge in [-0.05, 0) is 12.1 Å². The van der Waals surface area contributed by atoms with Crippen LogP contribution in [0.2, 0.25) is 0 Å². The summed E-state index contributed by atoms with van der Waals surface area (Å²) in [6.07, 6.45) is 2.00. The minimum Gasteiger partial charge on any atom is -0.461 e. The lowest BCUT2D eigenvalue weighted by molar-refractivity contribution is -0.106. The monoisotopic (exact) mass is 164 g/mol. The Morgan fingerprint density at radius 3 is 2.83 bits per heavy atom. The van der Waals surface area contributed by atoms with Crippen LogP contribution in [0.3, 0.4) is 0 Å². The molecular formula is C9H8O3. The number of hydrogen-bond donors (Lipinski definition) is 0. The van der Waals surface area contributed by atoms with Crippen LogP contribution in [0.25, 0.3) is 5.76 Å². The number of furan rings is 1. The second-order valence-corrected chi connectivity index (χ2v) is 2.09. The van der Waals surface area contributed by atoms with Crippen molar-refractivity contribution in [2.75, 3.05) is 0 Å². The molecule has 0 N–H and O–H groups in total. The molecule has 0 saturated carbocycles. The Balaban J connectivity index is 2.62. The lowest BCUT2D eigenvalue weighted by atomic mass is 10.4. The quantitative estimate of drug-likeness (QED) is 0.388. The summed E-state index contributed by atoms with van der Waals surface area (Å²) in [7, 11) is 0. The smallest absolute Gasteiger partial charge is 0.184 e. The Morgan fingerprint density at radius 1 is 1.58 bits per heavy atom. The van der Waals surface area contributed by atoms with Crippen LogP contribution in [-0.4, -0.2) is 6.29 Å². The number of aldehydes is 1. The van der Waals surface area contributed by atoms with E-state index in [0.29, 0.717) is 12.0 Å². The van der Waals surface area contributed by atoms with Crippen molar-refractivity contribution in [3.8, 4) is 0 Å². The number of hydrogen-bond acceptors (Lipinski definition) is 3. The first kappa shape index (κ1) is 8.33. The highest BCUT2D eigenvalue weighted by Gasteiger charge is 2.03. The second kappa shape index (κ2) is 3.57. The van der Waals surface area contributed by atoms with E-state index in [9.17, 15) is 4.79 Å². The van der Waals surface area contributed by atoms with Crippen molar-refractivity contribution < 1.29 is 13.9 Å². The van der Waals surface area contributed by atoms with E-state index >= 15 is 0 Å². The maximum absolute atomic E-state index is 10.1. The van der Waals surface area contributed by atoms with Gasteiger partial charge in [0.15, 0.2) is 23.6 Å². The molecule has 3 nitrogen and oxygen atoms in total. The molecule has 0 aliphatic carbocycles. The van der Waals surface area contributed by atoms with Crippen molar-refractivity contribution in [2.24, 2.45) is 0 Å². The van der Waals surface area contributed by atoms with Crippen molar-refractivity contribution in [3.05, 3.63) is 43.1 Å². The lowest BCUT2D eigenvalue weighted by Gasteiger charge is -2.02. The van der Waals surface area contributed by atoms with E-state index in [4.69, 9.17) is 9.15 Å². The third kappa shape index (κ3) is 1.85. The summed E-state index contributed by atoms with van der Waals surface area (Å²) in [4.78, 5) is 10.1. The SMILES string of the molecule is C=C(C=O)OC(=C)c1ccco1. The maximum atomic E-state index is 10.1. The van der Waals surface area contributed by atoms with E-state index in [1.54, 1.807) is 12.1 Å². The predicted molar refractivity (Wildman–Crippen MR) is 44.0 cm³/mol. The highest BCUT2D eigenvalue weighted by Crippen LogP contribution is 2.15. The summed E-state index contributed by atoms with van der Waals surface area (Å²) in [5, 5.41) is 0. The van der Waals surface area contributed by atoms with E-state index in [2.05, 4.69) is 13.2 Å². The van der Waals surface area contributed by atoms with Crippen LogP contribution in [0.5, 0.6) is 0 Å². The van der Waals surface area contributed by atoms with E-state index < -0.39 is 0 Å². The van der Waals surface area contributed by atoms with Crippen molar-refractivity contribution in [1.82, 2.24) is 0 Å². The number of carbonyl (C=O) groups excluding carboxylic acids is 1. The standard InChI is InChI=1S/C9H8O3/c1-7(6-10)12-8(2)9-4-3-5-11-9/h3-6H,1-2H2. The minimum atomic E-state index is 0.0106. The van der Waals surface area contributed by atoms with Gasteiger partial charge in [0, 0.05) is 0 Å². The largest absolute Gasteiger partial charge is 0.461 e. The molecule has 0 aromatic carbocycles. The average Bonchev–Trinajstić information content (AvgIpc) is 2.56. The zero-order valence-electron chi connectivity index (χ0n) is 6.45. The molecule has 0 aliphatic rings. The summed E-state index contributed by atoms with van der Waals surface area (Å²) in [5.41, 5.74) is 0. The molecule has 0 fully saturated rings. The first-order valence-electron chi connectivity index (χ1n) is 3.28. The first-order valence-corrected chi connectivity index (χ1v) is 3.28. The Labute approximate surface area is 69.9 Å². The molecule has 1 aromatic rings. The van der Waals surface area contributed by atoms with Crippen LogP contribution >= 0.6 is 0 Å². The van der Waals surface area contributed by atoms with Crippen LogP contribution in [-0.2, 0) is 9.53 Å². The molecule has 12 heavy (non-hydrogen) atoms. The van der Waals surface area contributed by atoms with Crippen molar-refractivity contribution in [2.45, 2.75) is 0 Å². The second-order valence-electron chi connectivity index (χ2n) is 2.09. The van der Waals surface area contributed by atoms with Crippen LogP contribution in [0, 0.1) is 0 Å². The normalized spacial score (nSPS) is 9.00. The highest BCUT2D eigenvalue weighted by atomic mass is 16.5. The Kier molecular flexibility index (Phi) is 2.48. The van der Waals surface area contributed by atoms with Crippen molar-refractivity contribution in [3.63, 3.8) is 0 Å². The third-order valence-electron chi connectivity index (χ3n) is 1.18. The van der Waals surface area contributed by atoms with Gasteiger partial charge < -0.3 is 9.15 Å². The molecular weight excluding hydrogens is 156 g/mol. The fourth-order valence-corrected chi connectivity index (χ4v) is 0.670. The molecule has 0 aliphatic heterocycles. The number of rotatable bonds is 4. The molecule has 0 amide bonds. The summed E-state index contributed by atoms with van der Waals surface area (Å²) in [5.74, 6) is 0.770. The van der Waals surface area contributed by atoms with Crippen molar-refractivity contribution >= 4 is 12.0 Å². The van der Waals surface area contributed by atoms with Gasteiger partial charge in [-0.15, -0.1) is 0 Å². The first-order chi connectivity index (χ1) is 5.74.